The standard InChI is InChI=1S/C19H25N3O4S/c23-18(20-14-6-11-27(25,26)13-14)16-12-17(16)19(24)22-9-7-21(8-10-22)15-4-2-1-3-5-15/h1-5,14,16-17H,6-13H2,(H,20,23). The summed E-state index contributed by atoms with van der Waals surface area (Å²) >= 11 is 0. The van der Waals surface area contributed by atoms with Gasteiger partial charge in [-0.05, 0) is 25.0 Å². The monoisotopic (exact) mass is 391 g/mol. The molecule has 0 spiro atoms. The van der Waals surface area contributed by atoms with Gasteiger partial charge in [-0.15, -0.1) is 0 Å². The maximum atomic E-state index is 12.7. The van der Waals surface area contributed by atoms with E-state index in [1.165, 1.54) is 5.69 Å². The molecule has 0 bridgehead atoms. The predicted octanol–water partition coefficient (Wildman–Crippen LogP) is 0.275. The number of nitrogens with one attached hydrogen (secondary N) is 1. The van der Waals surface area contributed by atoms with Crippen LogP contribution in [0.2, 0.25) is 0 Å². The van der Waals surface area contributed by atoms with E-state index in [1.807, 2.05) is 23.1 Å². The Balaban J connectivity index is 1.25. The summed E-state index contributed by atoms with van der Waals surface area (Å²) in [5, 5.41) is 2.82. The molecule has 2 saturated heterocycles. The Morgan fingerprint density at radius 2 is 1.70 bits per heavy atom. The summed E-state index contributed by atoms with van der Waals surface area (Å²) in [6.07, 6.45) is 1.05. The molecule has 3 atom stereocenters. The van der Waals surface area contributed by atoms with E-state index in [9.17, 15) is 18.0 Å². The van der Waals surface area contributed by atoms with E-state index in [1.54, 1.807) is 0 Å². The van der Waals surface area contributed by atoms with Gasteiger partial charge in [-0.25, -0.2) is 8.42 Å². The highest BCUT2D eigenvalue weighted by Gasteiger charge is 2.50. The van der Waals surface area contributed by atoms with Gasteiger partial charge in [0.15, 0.2) is 9.84 Å². The third-order valence-corrected chi connectivity index (χ3v) is 7.50. The molecule has 0 radical (unpaired) electrons. The fourth-order valence-electron chi connectivity index (χ4n) is 4.03. The van der Waals surface area contributed by atoms with E-state index in [0.717, 1.165) is 13.1 Å². The molecule has 2 aliphatic heterocycles. The van der Waals surface area contributed by atoms with Crippen molar-refractivity contribution in [2.45, 2.75) is 18.9 Å². The second-order valence-corrected chi connectivity index (χ2v) is 9.93. The first kappa shape index (κ1) is 18.3. The molecule has 1 aliphatic carbocycles. The van der Waals surface area contributed by atoms with Crippen LogP contribution in [0, 0.1) is 11.8 Å². The van der Waals surface area contributed by atoms with Crippen LogP contribution in [-0.2, 0) is 19.4 Å². The zero-order valence-corrected chi connectivity index (χ0v) is 16.0. The van der Waals surface area contributed by atoms with Crippen molar-refractivity contribution in [2.75, 3.05) is 42.6 Å². The van der Waals surface area contributed by atoms with Crippen LogP contribution in [0.15, 0.2) is 30.3 Å². The molecule has 0 aromatic heterocycles. The van der Waals surface area contributed by atoms with Gasteiger partial charge in [0.05, 0.1) is 23.3 Å². The van der Waals surface area contributed by atoms with E-state index < -0.39 is 9.84 Å². The molecule has 1 N–H and O–H groups in total. The summed E-state index contributed by atoms with van der Waals surface area (Å²) in [5.74, 6) is -0.498. The van der Waals surface area contributed by atoms with Gasteiger partial charge >= 0.3 is 0 Å². The minimum absolute atomic E-state index is 0.0194. The lowest BCUT2D eigenvalue weighted by Gasteiger charge is -2.36. The molecule has 27 heavy (non-hydrogen) atoms. The Hall–Kier alpha value is -2.09. The van der Waals surface area contributed by atoms with Crippen LogP contribution in [0.25, 0.3) is 0 Å². The normalized spacial score (nSPS) is 29.4. The minimum Gasteiger partial charge on any atom is -0.368 e. The lowest BCUT2D eigenvalue weighted by molar-refractivity contribution is -0.135. The lowest BCUT2D eigenvalue weighted by atomic mass is 10.2. The lowest BCUT2D eigenvalue weighted by Crippen LogP contribution is -2.49. The van der Waals surface area contributed by atoms with Crippen LogP contribution in [0.1, 0.15) is 12.8 Å². The molecule has 1 aromatic rings. The molecule has 2 heterocycles. The number of carbonyl (C=O) groups is 2. The van der Waals surface area contributed by atoms with E-state index in [0.29, 0.717) is 25.9 Å². The van der Waals surface area contributed by atoms with Gasteiger partial charge in [-0.3, -0.25) is 9.59 Å². The Labute approximate surface area is 159 Å². The smallest absolute Gasteiger partial charge is 0.226 e. The number of piperazine rings is 1. The number of sulfone groups is 1. The molecule has 7 nitrogen and oxygen atoms in total. The molecule has 3 fully saturated rings. The highest BCUT2D eigenvalue weighted by atomic mass is 32.2. The van der Waals surface area contributed by atoms with Crippen molar-refractivity contribution < 1.29 is 18.0 Å². The summed E-state index contributed by atoms with van der Waals surface area (Å²) in [6.45, 7) is 2.91. The summed E-state index contributed by atoms with van der Waals surface area (Å²) < 4.78 is 23.0. The largest absolute Gasteiger partial charge is 0.368 e. The van der Waals surface area contributed by atoms with Gasteiger partial charge in [0.2, 0.25) is 11.8 Å². The zero-order chi connectivity index (χ0) is 19.0. The van der Waals surface area contributed by atoms with Gasteiger partial charge < -0.3 is 15.1 Å². The fourth-order valence-corrected chi connectivity index (χ4v) is 5.71. The van der Waals surface area contributed by atoms with Crippen LogP contribution in [0.5, 0.6) is 0 Å². The number of carbonyl (C=O) groups excluding carboxylic acids is 2. The first-order chi connectivity index (χ1) is 12.9. The van der Waals surface area contributed by atoms with Crippen LogP contribution in [0.3, 0.4) is 0 Å². The highest BCUT2D eigenvalue weighted by Crippen LogP contribution is 2.40. The number of anilines is 1. The van der Waals surface area contributed by atoms with Crippen molar-refractivity contribution in [3.8, 4) is 0 Å². The molecule has 146 valence electrons. The molecule has 1 aromatic carbocycles. The van der Waals surface area contributed by atoms with E-state index >= 15 is 0 Å². The molecular weight excluding hydrogens is 366 g/mol. The molecule has 3 unspecified atom stereocenters. The third kappa shape index (κ3) is 4.10. The average molecular weight is 391 g/mol. The second kappa shape index (κ2) is 7.14. The molecule has 1 saturated carbocycles. The zero-order valence-electron chi connectivity index (χ0n) is 15.2. The molecule has 3 aliphatic rings. The van der Waals surface area contributed by atoms with Gasteiger partial charge in [0.1, 0.15) is 0 Å². The van der Waals surface area contributed by atoms with Crippen molar-refractivity contribution in [1.29, 1.82) is 0 Å². The molecule has 2 amide bonds. The maximum Gasteiger partial charge on any atom is 0.226 e. The number of amides is 2. The fraction of sp³-hybridized carbons (Fsp3) is 0.579. The number of nitrogens with zero attached hydrogens (tertiary/aromatic N) is 2. The number of rotatable bonds is 4. The van der Waals surface area contributed by atoms with Gasteiger partial charge in [0.25, 0.3) is 0 Å². The molecule has 4 rings (SSSR count). The number of hydrogen-bond acceptors (Lipinski definition) is 5. The summed E-state index contributed by atoms with van der Waals surface area (Å²) in [4.78, 5) is 29.1. The Bertz CT molecular complexity index is 819. The Kier molecular flexibility index (Phi) is 4.84. The summed E-state index contributed by atoms with van der Waals surface area (Å²) in [5.41, 5.74) is 1.17. The van der Waals surface area contributed by atoms with Crippen LogP contribution in [-0.4, -0.2) is 68.9 Å². The van der Waals surface area contributed by atoms with Crippen molar-refractivity contribution in [3.05, 3.63) is 30.3 Å². The molecular formula is C19H25N3O4S. The van der Waals surface area contributed by atoms with Crippen LogP contribution < -0.4 is 10.2 Å². The average Bonchev–Trinajstić information content (AvgIpc) is 3.40. The first-order valence-corrected chi connectivity index (χ1v) is 11.3. The van der Waals surface area contributed by atoms with Crippen molar-refractivity contribution in [3.63, 3.8) is 0 Å². The van der Waals surface area contributed by atoms with E-state index in [4.69, 9.17) is 0 Å². The Morgan fingerprint density at radius 1 is 1.00 bits per heavy atom. The Morgan fingerprint density at radius 3 is 2.33 bits per heavy atom. The minimum atomic E-state index is -3.02. The molecule has 8 heteroatoms. The van der Waals surface area contributed by atoms with Gasteiger partial charge in [0, 0.05) is 37.9 Å². The van der Waals surface area contributed by atoms with Crippen LogP contribution in [0.4, 0.5) is 5.69 Å². The van der Waals surface area contributed by atoms with Gasteiger partial charge in [-0.1, -0.05) is 18.2 Å². The van der Waals surface area contributed by atoms with E-state index in [-0.39, 0.29) is 41.2 Å². The van der Waals surface area contributed by atoms with Crippen molar-refractivity contribution in [2.24, 2.45) is 11.8 Å². The SMILES string of the molecule is O=C(NC1CCS(=O)(=O)C1)C1CC1C(=O)N1CCN(c2ccccc2)CC1. The quantitative estimate of drug-likeness (QED) is 0.796. The van der Waals surface area contributed by atoms with E-state index in [2.05, 4.69) is 22.3 Å². The highest BCUT2D eigenvalue weighted by molar-refractivity contribution is 7.91. The van der Waals surface area contributed by atoms with Crippen molar-refractivity contribution in [1.82, 2.24) is 10.2 Å². The summed E-state index contributed by atoms with van der Waals surface area (Å²) in [6, 6.07) is 9.85. The predicted molar refractivity (Wildman–Crippen MR) is 102 cm³/mol. The van der Waals surface area contributed by atoms with Crippen molar-refractivity contribution >= 4 is 27.3 Å². The number of benzene rings is 1. The first-order valence-electron chi connectivity index (χ1n) is 9.52. The number of hydrogen-bond donors (Lipinski definition) is 1. The second-order valence-electron chi connectivity index (χ2n) is 7.71. The maximum absolute atomic E-state index is 12.7. The number of para-hydroxylation sites is 1. The summed E-state index contributed by atoms with van der Waals surface area (Å²) in [7, 11) is -3.02. The topological polar surface area (TPSA) is 86.8 Å². The van der Waals surface area contributed by atoms with Gasteiger partial charge in [-0.2, -0.15) is 0 Å². The van der Waals surface area contributed by atoms with Crippen LogP contribution >= 0.6 is 0 Å². The third-order valence-electron chi connectivity index (χ3n) is 5.74.